The summed E-state index contributed by atoms with van der Waals surface area (Å²) in [6.07, 6.45) is 4.82. The Morgan fingerprint density at radius 3 is 2.75 bits per heavy atom. The molecular weight excluding hydrogens is 254 g/mol. The number of nitrogens with one attached hydrogen (secondary N) is 1. The lowest BCUT2D eigenvalue weighted by molar-refractivity contribution is 0.311. The smallest absolute Gasteiger partial charge is 0.323 e. The van der Waals surface area contributed by atoms with Crippen LogP contribution in [0.3, 0.4) is 0 Å². The van der Waals surface area contributed by atoms with Gasteiger partial charge in [-0.05, 0) is 39.5 Å². The van der Waals surface area contributed by atoms with Crippen molar-refractivity contribution < 1.29 is 4.74 Å². The van der Waals surface area contributed by atoms with Crippen LogP contribution in [0.15, 0.2) is 0 Å². The molecular formula is C14H25N5O. The number of piperidine rings is 1. The predicted molar refractivity (Wildman–Crippen MR) is 80.4 cm³/mol. The fraction of sp³-hybridized carbons (Fsp3) is 0.786. The molecule has 2 rings (SSSR count). The molecule has 0 amide bonds. The van der Waals surface area contributed by atoms with Crippen molar-refractivity contribution in [2.24, 2.45) is 0 Å². The van der Waals surface area contributed by atoms with Crippen LogP contribution in [-0.2, 0) is 0 Å². The summed E-state index contributed by atoms with van der Waals surface area (Å²) in [5.41, 5.74) is 0. The van der Waals surface area contributed by atoms with E-state index in [1.165, 1.54) is 19.3 Å². The SMILES string of the molecule is CCNc1nc(OCC)nc(N2CCCCC2CC)n1. The standard InChI is InChI=1S/C14H25N5O/c1-4-11-9-7-8-10-19(11)13-16-12(15-5-2)17-14(18-13)20-6-3/h11H,4-10H2,1-3H3,(H,15,16,17,18). The van der Waals surface area contributed by atoms with Gasteiger partial charge in [-0.2, -0.15) is 15.0 Å². The van der Waals surface area contributed by atoms with Gasteiger partial charge in [-0.15, -0.1) is 0 Å². The lowest BCUT2D eigenvalue weighted by atomic mass is 10.0. The molecule has 0 bridgehead atoms. The third kappa shape index (κ3) is 3.49. The minimum absolute atomic E-state index is 0.411. The van der Waals surface area contributed by atoms with Crippen molar-refractivity contribution >= 4 is 11.9 Å². The Hall–Kier alpha value is -1.59. The molecule has 1 aromatic heterocycles. The third-order valence-electron chi connectivity index (χ3n) is 3.57. The van der Waals surface area contributed by atoms with Gasteiger partial charge in [0, 0.05) is 19.1 Å². The Morgan fingerprint density at radius 1 is 1.20 bits per heavy atom. The predicted octanol–water partition coefficient (Wildman–Crippen LogP) is 2.47. The van der Waals surface area contributed by atoms with Crippen molar-refractivity contribution in [3.8, 4) is 6.01 Å². The molecule has 0 spiro atoms. The third-order valence-corrected chi connectivity index (χ3v) is 3.57. The van der Waals surface area contributed by atoms with Crippen molar-refractivity contribution in [1.82, 2.24) is 15.0 Å². The molecule has 1 fully saturated rings. The van der Waals surface area contributed by atoms with Gasteiger partial charge in [0.25, 0.3) is 0 Å². The van der Waals surface area contributed by atoms with E-state index in [1.54, 1.807) is 0 Å². The maximum atomic E-state index is 5.46. The molecule has 0 radical (unpaired) electrons. The number of anilines is 2. The first-order valence-electron chi connectivity index (χ1n) is 7.67. The second kappa shape index (κ2) is 7.26. The van der Waals surface area contributed by atoms with Crippen molar-refractivity contribution in [3.05, 3.63) is 0 Å². The van der Waals surface area contributed by atoms with Gasteiger partial charge in [-0.3, -0.25) is 0 Å². The number of nitrogens with zero attached hydrogens (tertiary/aromatic N) is 4. The highest BCUT2D eigenvalue weighted by atomic mass is 16.5. The van der Waals surface area contributed by atoms with Crippen LogP contribution < -0.4 is 15.0 Å². The van der Waals surface area contributed by atoms with Crippen molar-refractivity contribution in [2.45, 2.75) is 52.5 Å². The van der Waals surface area contributed by atoms with Gasteiger partial charge in [0.2, 0.25) is 11.9 Å². The molecule has 20 heavy (non-hydrogen) atoms. The molecule has 0 aromatic carbocycles. The van der Waals surface area contributed by atoms with Crippen LogP contribution in [0.1, 0.15) is 46.5 Å². The molecule has 112 valence electrons. The van der Waals surface area contributed by atoms with E-state index in [-0.39, 0.29) is 0 Å². The van der Waals surface area contributed by atoms with Crippen LogP contribution >= 0.6 is 0 Å². The average molecular weight is 279 g/mol. The second-order valence-corrected chi connectivity index (χ2v) is 4.96. The molecule has 6 nitrogen and oxygen atoms in total. The van der Waals surface area contributed by atoms with Gasteiger partial charge < -0.3 is 15.0 Å². The summed E-state index contributed by atoms with van der Waals surface area (Å²) in [5.74, 6) is 1.34. The summed E-state index contributed by atoms with van der Waals surface area (Å²) < 4.78 is 5.46. The molecule has 1 aliphatic heterocycles. The van der Waals surface area contributed by atoms with Crippen LogP contribution in [0.2, 0.25) is 0 Å². The maximum absolute atomic E-state index is 5.46. The molecule has 1 saturated heterocycles. The summed E-state index contributed by atoms with van der Waals surface area (Å²) in [7, 11) is 0. The number of hydrogen-bond donors (Lipinski definition) is 1. The zero-order valence-corrected chi connectivity index (χ0v) is 12.7. The van der Waals surface area contributed by atoms with Gasteiger partial charge in [0.05, 0.1) is 6.61 Å². The van der Waals surface area contributed by atoms with Gasteiger partial charge >= 0.3 is 6.01 Å². The summed E-state index contributed by atoms with van der Waals surface area (Å²) in [6, 6.07) is 0.934. The molecule has 0 saturated carbocycles. The largest absolute Gasteiger partial charge is 0.464 e. The first-order chi connectivity index (χ1) is 9.78. The minimum Gasteiger partial charge on any atom is -0.464 e. The number of hydrogen-bond acceptors (Lipinski definition) is 6. The zero-order chi connectivity index (χ0) is 14.4. The van der Waals surface area contributed by atoms with Crippen LogP contribution in [0.25, 0.3) is 0 Å². The molecule has 0 aliphatic carbocycles. The summed E-state index contributed by atoms with van der Waals surface area (Å²) in [6.45, 7) is 8.54. The number of ether oxygens (including phenoxy) is 1. The highest BCUT2D eigenvalue weighted by Gasteiger charge is 2.24. The van der Waals surface area contributed by atoms with E-state index in [9.17, 15) is 0 Å². The lowest BCUT2D eigenvalue weighted by Gasteiger charge is -2.35. The number of aromatic nitrogens is 3. The Kier molecular flexibility index (Phi) is 5.38. The van der Waals surface area contributed by atoms with E-state index in [0.717, 1.165) is 25.5 Å². The molecule has 2 heterocycles. The Morgan fingerprint density at radius 2 is 2.05 bits per heavy atom. The van der Waals surface area contributed by atoms with E-state index in [0.29, 0.717) is 24.6 Å². The van der Waals surface area contributed by atoms with E-state index in [4.69, 9.17) is 4.74 Å². The Balaban J connectivity index is 2.27. The summed E-state index contributed by atoms with van der Waals surface area (Å²) in [5, 5.41) is 3.15. The second-order valence-electron chi connectivity index (χ2n) is 4.96. The summed E-state index contributed by atoms with van der Waals surface area (Å²) >= 11 is 0. The van der Waals surface area contributed by atoms with E-state index >= 15 is 0 Å². The van der Waals surface area contributed by atoms with Gasteiger partial charge in [0.15, 0.2) is 0 Å². The molecule has 1 aromatic rings. The quantitative estimate of drug-likeness (QED) is 0.863. The van der Waals surface area contributed by atoms with Gasteiger partial charge in [0.1, 0.15) is 0 Å². The Labute approximate surface area is 121 Å². The molecule has 1 N–H and O–H groups in total. The van der Waals surface area contributed by atoms with Crippen LogP contribution in [-0.4, -0.2) is 40.7 Å². The fourth-order valence-corrected chi connectivity index (χ4v) is 2.59. The monoisotopic (exact) mass is 279 g/mol. The van der Waals surface area contributed by atoms with E-state index in [1.807, 2.05) is 13.8 Å². The Bertz CT molecular complexity index is 402. The van der Waals surface area contributed by atoms with Crippen LogP contribution in [0.5, 0.6) is 6.01 Å². The molecule has 1 aliphatic rings. The normalized spacial score (nSPS) is 18.9. The average Bonchev–Trinajstić information content (AvgIpc) is 2.47. The fourth-order valence-electron chi connectivity index (χ4n) is 2.59. The lowest BCUT2D eigenvalue weighted by Crippen LogP contribution is -2.40. The topological polar surface area (TPSA) is 63.2 Å². The van der Waals surface area contributed by atoms with Crippen molar-refractivity contribution in [2.75, 3.05) is 29.9 Å². The maximum Gasteiger partial charge on any atom is 0.323 e. The first kappa shape index (κ1) is 14.8. The summed E-state index contributed by atoms with van der Waals surface area (Å²) in [4.78, 5) is 15.6. The van der Waals surface area contributed by atoms with Crippen LogP contribution in [0, 0.1) is 0 Å². The zero-order valence-electron chi connectivity index (χ0n) is 12.7. The van der Waals surface area contributed by atoms with Crippen LogP contribution in [0.4, 0.5) is 11.9 Å². The van der Waals surface area contributed by atoms with Gasteiger partial charge in [-0.1, -0.05) is 6.92 Å². The highest BCUT2D eigenvalue weighted by molar-refractivity contribution is 5.39. The van der Waals surface area contributed by atoms with Crippen molar-refractivity contribution in [3.63, 3.8) is 0 Å². The highest BCUT2D eigenvalue weighted by Crippen LogP contribution is 2.25. The molecule has 1 unspecified atom stereocenters. The van der Waals surface area contributed by atoms with E-state index < -0.39 is 0 Å². The number of rotatable bonds is 6. The minimum atomic E-state index is 0.411. The first-order valence-corrected chi connectivity index (χ1v) is 7.67. The molecule has 1 atom stereocenters. The molecule has 6 heteroatoms. The van der Waals surface area contributed by atoms with E-state index in [2.05, 4.69) is 32.1 Å². The van der Waals surface area contributed by atoms with Gasteiger partial charge in [-0.25, -0.2) is 0 Å². The van der Waals surface area contributed by atoms with Crippen molar-refractivity contribution in [1.29, 1.82) is 0 Å².